The summed E-state index contributed by atoms with van der Waals surface area (Å²) >= 11 is 3.45. The van der Waals surface area contributed by atoms with E-state index in [9.17, 15) is 9.59 Å². The number of hydrogen-bond donors (Lipinski definition) is 1. The second-order valence-electron chi connectivity index (χ2n) is 5.70. The van der Waals surface area contributed by atoms with Gasteiger partial charge in [-0.05, 0) is 52.7 Å². The summed E-state index contributed by atoms with van der Waals surface area (Å²) in [5, 5.41) is 4.44. The number of hydrogen-bond acceptors (Lipinski definition) is 5. The third kappa shape index (κ3) is 4.07. The Morgan fingerprint density at radius 1 is 1.25 bits per heavy atom. The van der Waals surface area contributed by atoms with E-state index < -0.39 is 11.2 Å². The van der Waals surface area contributed by atoms with Crippen molar-refractivity contribution in [3.8, 4) is 11.5 Å². The van der Waals surface area contributed by atoms with Crippen LogP contribution in [0.1, 0.15) is 12.5 Å². The van der Waals surface area contributed by atoms with Gasteiger partial charge in [-0.25, -0.2) is 4.79 Å². The lowest BCUT2D eigenvalue weighted by Crippen LogP contribution is -2.32. The molecular weight excluding hydrogens is 426 g/mol. The van der Waals surface area contributed by atoms with Gasteiger partial charge in [-0.1, -0.05) is 24.8 Å². The lowest BCUT2D eigenvalue weighted by atomic mass is 10.2. The Morgan fingerprint density at radius 3 is 2.79 bits per heavy atom. The number of H-pyrrole nitrogens is 1. The lowest BCUT2D eigenvalue weighted by Gasteiger charge is -2.13. The van der Waals surface area contributed by atoms with Gasteiger partial charge in [0.15, 0.2) is 11.5 Å². The molecule has 1 N–H and O–H groups in total. The van der Waals surface area contributed by atoms with Crippen LogP contribution < -0.4 is 20.7 Å². The van der Waals surface area contributed by atoms with E-state index in [-0.39, 0.29) is 0 Å². The minimum atomic E-state index is -0.616. The zero-order valence-corrected chi connectivity index (χ0v) is 16.7. The Bertz CT molecular complexity index is 1160. The van der Waals surface area contributed by atoms with Crippen LogP contribution in [-0.4, -0.2) is 29.1 Å². The number of nitrogens with one attached hydrogen (secondary N) is 1. The number of ether oxygens (including phenoxy) is 2. The van der Waals surface area contributed by atoms with Crippen LogP contribution in [0.15, 0.2) is 68.2 Å². The van der Waals surface area contributed by atoms with Crippen molar-refractivity contribution in [3.05, 3.63) is 79.9 Å². The first-order valence-electron chi connectivity index (χ1n) is 8.53. The molecule has 2 aromatic carbocycles. The van der Waals surface area contributed by atoms with E-state index in [0.29, 0.717) is 45.7 Å². The molecule has 0 fully saturated rings. The highest BCUT2D eigenvalue weighted by molar-refractivity contribution is 9.10. The second kappa shape index (κ2) is 8.71. The fourth-order valence-electron chi connectivity index (χ4n) is 2.59. The topological polar surface area (TPSA) is 85.7 Å². The standard InChI is InChI=1S/C20H18BrN3O4/c1-3-9-28-18-15(21)10-13(11-17(18)27-4-2)12-22-24-19(25)14-7-5-6-8-16(14)23-20(24)26/h3,5-8,10-12H,1,4,9H2,2H3,(H,23,26). The summed E-state index contributed by atoms with van der Waals surface area (Å²) in [7, 11) is 0. The fourth-order valence-corrected chi connectivity index (χ4v) is 3.16. The van der Waals surface area contributed by atoms with Crippen molar-refractivity contribution in [1.29, 1.82) is 0 Å². The molecule has 144 valence electrons. The predicted octanol–water partition coefficient (Wildman–Crippen LogP) is 3.30. The van der Waals surface area contributed by atoms with Gasteiger partial charge in [0.2, 0.25) is 0 Å². The van der Waals surface area contributed by atoms with Crippen LogP contribution in [0.2, 0.25) is 0 Å². The summed E-state index contributed by atoms with van der Waals surface area (Å²) in [5.41, 5.74) is -0.0181. The van der Waals surface area contributed by atoms with Crippen LogP contribution in [0.5, 0.6) is 11.5 Å². The number of aromatic amines is 1. The molecule has 0 spiro atoms. The average molecular weight is 444 g/mol. The second-order valence-corrected chi connectivity index (χ2v) is 6.55. The number of fused-ring (bicyclic) bond motifs is 1. The molecule has 0 saturated heterocycles. The summed E-state index contributed by atoms with van der Waals surface area (Å²) in [6.45, 7) is 6.27. The SMILES string of the molecule is C=CCOc1c(Br)cc(C=Nn2c(=O)[nH]c3ccccc3c2=O)cc1OCC. The van der Waals surface area contributed by atoms with Crippen LogP contribution >= 0.6 is 15.9 Å². The van der Waals surface area contributed by atoms with Gasteiger partial charge < -0.3 is 14.5 Å². The first-order chi connectivity index (χ1) is 13.5. The molecule has 0 aliphatic heterocycles. The minimum Gasteiger partial charge on any atom is -0.490 e. The van der Waals surface area contributed by atoms with E-state index in [1.165, 1.54) is 6.21 Å². The molecule has 0 radical (unpaired) electrons. The van der Waals surface area contributed by atoms with E-state index >= 15 is 0 Å². The number of rotatable bonds is 7. The predicted molar refractivity (Wildman–Crippen MR) is 113 cm³/mol. The van der Waals surface area contributed by atoms with Crippen LogP contribution in [-0.2, 0) is 0 Å². The van der Waals surface area contributed by atoms with Gasteiger partial charge in [-0.2, -0.15) is 5.10 Å². The van der Waals surface area contributed by atoms with E-state index in [1.807, 2.05) is 6.92 Å². The molecule has 3 aromatic rings. The molecule has 0 unspecified atom stereocenters. The molecule has 0 saturated carbocycles. The Morgan fingerprint density at radius 2 is 2.04 bits per heavy atom. The molecule has 3 rings (SSSR count). The van der Waals surface area contributed by atoms with Gasteiger partial charge in [0, 0.05) is 0 Å². The van der Waals surface area contributed by atoms with Gasteiger partial charge in [-0.15, -0.1) is 4.68 Å². The van der Waals surface area contributed by atoms with Gasteiger partial charge >= 0.3 is 5.69 Å². The highest BCUT2D eigenvalue weighted by atomic mass is 79.9. The third-order valence-corrected chi connectivity index (χ3v) is 4.37. The first-order valence-corrected chi connectivity index (χ1v) is 9.33. The summed E-state index contributed by atoms with van der Waals surface area (Å²) in [5.74, 6) is 1.06. The largest absolute Gasteiger partial charge is 0.490 e. The fraction of sp³-hybridized carbons (Fsp3) is 0.150. The molecule has 0 atom stereocenters. The highest BCUT2D eigenvalue weighted by Crippen LogP contribution is 2.36. The van der Waals surface area contributed by atoms with E-state index in [0.717, 1.165) is 4.68 Å². The Kier molecular flexibility index (Phi) is 6.10. The molecule has 28 heavy (non-hydrogen) atoms. The van der Waals surface area contributed by atoms with Crippen LogP contribution in [0.4, 0.5) is 0 Å². The Labute approximate surface area is 169 Å². The number of nitrogens with zero attached hydrogens (tertiary/aromatic N) is 2. The third-order valence-electron chi connectivity index (χ3n) is 3.78. The Balaban J connectivity index is 2.03. The van der Waals surface area contributed by atoms with Gasteiger partial charge in [0.1, 0.15) is 6.61 Å². The van der Waals surface area contributed by atoms with E-state index in [4.69, 9.17) is 9.47 Å². The zero-order chi connectivity index (χ0) is 20.1. The normalized spacial score (nSPS) is 11.1. The number of aromatic nitrogens is 2. The van der Waals surface area contributed by atoms with Gasteiger partial charge in [-0.3, -0.25) is 4.79 Å². The van der Waals surface area contributed by atoms with E-state index in [1.54, 1.807) is 42.5 Å². The van der Waals surface area contributed by atoms with Crippen molar-refractivity contribution < 1.29 is 9.47 Å². The summed E-state index contributed by atoms with van der Waals surface area (Å²) in [6, 6.07) is 10.2. The van der Waals surface area contributed by atoms with Gasteiger partial charge in [0.05, 0.1) is 28.2 Å². The minimum absolute atomic E-state index is 0.327. The van der Waals surface area contributed by atoms with Gasteiger partial charge in [0.25, 0.3) is 5.56 Å². The molecule has 1 heterocycles. The van der Waals surface area contributed by atoms with Crippen molar-refractivity contribution in [2.75, 3.05) is 13.2 Å². The average Bonchev–Trinajstić information content (AvgIpc) is 2.67. The molecule has 1 aromatic heterocycles. The molecular formula is C20H18BrN3O4. The maximum Gasteiger partial charge on any atom is 0.349 e. The van der Waals surface area contributed by atoms with E-state index in [2.05, 4.69) is 32.6 Å². The first kappa shape index (κ1) is 19.6. The smallest absolute Gasteiger partial charge is 0.349 e. The number of benzene rings is 2. The molecule has 0 bridgehead atoms. The zero-order valence-electron chi connectivity index (χ0n) is 15.1. The number of halogens is 1. The number of para-hydroxylation sites is 1. The van der Waals surface area contributed by atoms with Crippen LogP contribution in [0, 0.1) is 0 Å². The van der Waals surface area contributed by atoms with Crippen LogP contribution in [0.25, 0.3) is 10.9 Å². The summed E-state index contributed by atoms with van der Waals surface area (Å²) < 4.78 is 12.7. The van der Waals surface area contributed by atoms with Crippen molar-refractivity contribution in [3.63, 3.8) is 0 Å². The maximum absolute atomic E-state index is 12.5. The molecule has 0 aliphatic carbocycles. The Hall–Kier alpha value is -3.13. The molecule has 8 heteroatoms. The monoisotopic (exact) mass is 443 g/mol. The highest BCUT2D eigenvalue weighted by Gasteiger charge is 2.12. The van der Waals surface area contributed by atoms with Crippen LogP contribution in [0.3, 0.4) is 0 Å². The lowest BCUT2D eigenvalue weighted by molar-refractivity contribution is 0.295. The van der Waals surface area contributed by atoms with Crippen molar-refractivity contribution in [2.24, 2.45) is 5.10 Å². The molecule has 0 amide bonds. The molecule has 7 nitrogen and oxygen atoms in total. The quantitative estimate of drug-likeness (QED) is 0.448. The van der Waals surface area contributed by atoms with Crippen molar-refractivity contribution >= 4 is 33.0 Å². The summed E-state index contributed by atoms with van der Waals surface area (Å²) in [6.07, 6.45) is 3.05. The van der Waals surface area contributed by atoms with Crippen molar-refractivity contribution in [2.45, 2.75) is 6.92 Å². The maximum atomic E-state index is 12.5. The molecule has 0 aliphatic rings. The summed E-state index contributed by atoms with van der Waals surface area (Å²) in [4.78, 5) is 27.4. The van der Waals surface area contributed by atoms with Crippen molar-refractivity contribution in [1.82, 2.24) is 9.66 Å².